The second-order valence-electron chi connectivity index (χ2n) is 5.66. The van der Waals surface area contributed by atoms with Gasteiger partial charge in [0.05, 0.1) is 42.4 Å². The van der Waals surface area contributed by atoms with E-state index < -0.39 is 0 Å². The number of aliphatic hydroxyl groups excluding tert-OH is 1. The summed E-state index contributed by atoms with van der Waals surface area (Å²) in [4.78, 5) is 14.2. The number of rotatable bonds is 4. The van der Waals surface area contributed by atoms with Gasteiger partial charge in [-0.25, -0.2) is 0 Å². The first-order valence-electron chi connectivity index (χ1n) is 7.19. The molecule has 7 heteroatoms. The summed E-state index contributed by atoms with van der Waals surface area (Å²) in [6.07, 6.45) is -0.200. The number of carbonyl (C=O) groups excluding carboxylic acids is 1. The largest absolute Gasteiger partial charge is 0.394 e. The number of nitrogens with one attached hydrogen (secondary N) is 1. The Morgan fingerprint density at radius 1 is 1.48 bits per heavy atom. The molecule has 21 heavy (non-hydrogen) atoms. The van der Waals surface area contributed by atoms with Gasteiger partial charge < -0.3 is 15.2 Å². The molecule has 1 amide bonds. The van der Waals surface area contributed by atoms with Gasteiger partial charge in [0, 0.05) is 20.1 Å². The number of carbonyl (C=O) groups is 1. The molecule has 0 spiro atoms. The number of hydrogen-bond acceptors (Lipinski definition) is 5. The van der Waals surface area contributed by atoms with E-state index >= 15 is 0 Å². The molecule has 1 aliphatic heterocycles. The van der Waals surface area contributed by atoms with Gasteiger partial charge in [-0.2, -0.15) is 5.10 Å². The lowest BCUT2D eigenvalue weighted by Crippen LogP contribution is -2.50. The third kappa shape index (κ3) is 3.81. The predicted molar refractivity (Wildman–Crippen MR) is 79.2 cm³/mol. The first-order valence-corrected chi connectivity index (χ1v) is 7.19. The van der Waals surface area contributed by atoms with Crippen molar-refractivity contribution in [3.8, 4) is 0 Å². The molecule has 0 bridgehead atoms. The molecule has 1 aromatic rings. The highest BCUT2D eigenvalue weighted by Gasteiger charge is 2.26. The summed E-state index contributed by atoms with van der Waals surface area (Å²) in [5.41, 5.74) is 2.53. The molecule has 7 nitrogen and oxygen atoms in total. The second-order valence-corrected chi connectivity index (χ2v) is 5.66. The highest BCUT2D eigenvalue weighted by molar-refractivity contribution is 5.93. The van der Waals surface area contributed by atoms with Crippen LogP contribution in [0.25, 0.3) is 0 Å². The lowest BCUT2D eigenvalue weighted by molar-refractivity contribution is -0.124. The van der Waals surface area contributed by atoms with Crippen LogP contribution >= 0.6 is 0 Å². The number of nitrogens with zero attached hydrogens (tertiary/aromatic N) is 3. The van der Waals surface area contributed by atoms with Gasteiger partial charge >= 0.3 is 0 Å². The van der Waals surface area contributed by atoms with Crippen molar-refractivity contribution in [2.45, 2.75) is 33.0 Å². The third-order valence-electron chi connectivity index (χ3n) is 3.75. The van der Waals surface area contributed by atoms with Crippen molar-refractivity contribution in [3.63, 3.8) is 0 Å². The third-order valence-corrected chi connectivity index (χ3v) is 3.75. The van der Waals surface area contributed by atoms with Crippen molar-refractivity contribution in [3.05, 3.63) is 11.4 Å². The van der Waals surface area contributed by atoms with Crippen LogP contribution in [0.2, 0.25) is 0 Å². The van der Waals surface area contributed by atoms with Crippen LogP contribution in [0.3, 0.4) is 0 Å². The van der Waals surface area contributed by atoms with Crippen LogP contribution < -0.4 is 5.32 Å². The minimum Gasteiger partial charge on any atom is -0.394 e. The topological polar surface area (TPSA) is 79.6 Å². The van der Waals surface area contributed by atoms with Crippen LogP contribution in [0.15, 0.2) is 0 Å². The molecule has 1 aliphatic rings. The Bertz CT molecular complexity index is 515. The van der Waals surface area contributed by atoms with Gasteiger partial charge in [-0.3, -0.25) is 14.4 Å². The summed E-state index contributed by atoms with van der Waals surface area (Å²) in [7, 11) is 1.85. The maximum absolute atomic E-state index is 12.2. The second kappa shape index (κ2) is 6.55. The van der Waals surface area contributed by atoms with E-state index in [9.17, 15) is 9.90 Å². The zero-order valence-electron chi connectivity index (χ0n) is 13.1. The highest BCUT2D eigenvalue weighted by atomic mass is 16.5. The van der Waals surface area contributed by atoms with Crippen LogP contribution in [0.5, 0.6) is 0 Å². The molecule has 2 heterocycles. The molecule has 118 valence electrons. The summed E-state index contributed by atoms with van der Waals surface area (Å²) in [5, 5.41) is 16.4. The molecule has 2 unspecified atom stereocenters. The minimum absolute atomic E-state index is 0.0190. The fourth-order valence-electron chi connectivity index (χ4n) is 2.71. The fourth-order valence-corrected chi connectivity index (χ4v) is 2.71. The Hall–Kier alpha value is -1.44. The molecular formula is C14H24N4O3. The van der Waals surface area contributed by atoms with E-state index in [0.29, 0.717) is 13.1 Å². The molecule has 0 radical (unpaired) electrons. The van der Waals surface area contributed by atoms with E-state index in [0.717, 1.165) is 17.1 Å². The Kier molecular flexibility index (Phi) is 4.97. The van der Waals surface area contributed by atoms with Crippen molar-refractivity contribution in [2.75, 3.05) is 31.6 Å². The molecule has 2 atom stereocenters. The van der Waals surface area contributed by atoms with E-state index in [4.69, 9.17) is 4.74 Å². The van der Waals surface area contributed by atoms with Crippen molar-refractivity contribution in [2.24, 2.45) is 7.05 Å². The minimum atomic E-state index is -0.219. The van der Waals surface area contributed by atoms with Gasteiger partial charge in [0.15, 0.2) is 0 Å². The number of morpholine rings is 1. The molecular weight excluding hydrogens is 272 g/mol. The van der Waals surface area contributed by atoms with Gasteiger partial charge in [-0.05, 0) is 20.8 Å². The zero-order valence-corrected chi connectivity index (χ0v) is 13.1. The standard InChI is InChI=1S/C14H24N4O3/c1-9-5-18(6-12(8-19)21-9)7-13(20)15-14-10(2)16-17(4)11(14)3/h9,12,19H,5-8H2,1-4H3,(H,15,20). The summed E-state index contributed by atoms with van der Waals surface area (Å²) >= 11 is 0. The van der Waals surface area contributed by atoms with E-state index in [-0.39, 0.29) is 31.3 Å². The van der Waals surface area contributed by atoms with E-state index in [1.807, 2.05) is 32.7 Å². The molecule has 2 N–H and O–H groups in total. The van der Waals surface area contributed by atoms with Crippen molar-refractivity contribution in [1.29, 1.82) is 0 Å². The van der Waals surface area contributed by atoms with Gasteiger partial charge in [-0.1, -0.05) is 0 Å². The lowest BCUT2D eigenvalue weighted by atomic mass is 10.2. The molecule has 1 saturated heterocycles. The quantitative estimate of drug-likeness (QED) is 0.821. The SMILES string of the molecule is Cc1nn(C)c(C)c1NC(=O)CN1CC(C)OC(CO)C1. The van der Waals surface area contributed by atoms with Gasteiger partial charge in [0.2, 0.25) is 5.91 Å². The van der Waals surface area contributed by atoms with Gasteiger partial charge in [-0.15, -0.1) is 0 Å². The number of aromatic nitrogens is 2. The number of hydrogen-bond donors (Lipinski definition) is 2. The summed E-state index contributed by atoms with van der Waals surface area (Å²) in [5.74, 6) is -0.0695. The van der Waals surface area contributed by atoms with Crippen LogP contribution in [-0.2, 0) is 16.6 Å². The van der Waals surface area contributed by atoms with Crippen molar-refractivity contribution >= 4 is 11.6 Å². The summed E-state index contributed by atoms with van der Waals surface area (Å²) in [6.45, 7) is 7.27. The van der Waals surface area contributed by atoms with Crippen molar-refractivity contribution < 1.29 is 14.6 Å². The normalized spacial score (nSPS) is 23.3. The van der Waals surface area contributed by atoms with Crippen molar-refractivity contribution in [1.82, 2.24) is 14.7 Å². The van der Waals surface area contributed by atoms with Crippen LogP contribution in [0.1, 0.15) is 18.3 Å². The smallest absolute Gasteiger partial charge is 0.238 e. The summed E-state index contributed by atoms with van der Waals surface area (Å²) < 4.78 is 7.32. The molecule has 0 aromatic carbocycles. The first kappa shape index (κ1) is 15.9. The highest BCUT2D eigenvalue weighted by Crippen LogP contribution is 2.18. The molecule has 0 aliphatic carbocycles. The molecule has 1 fully saturated rings. The Balaban J connectivity index is 1.95. The maximum Gasteiger partial charge on any atom is 0.238 e. The Morgan fingerprint density at radius 2 is 2.19 bits per heavy atom. The number of ether oxygens (including phenoxy) is 1. The van der Waals surface area contributed by atoms with E-state index in [2.05, 4.69) is 10.4 Å². The number of amides is 1. The Labute approximate surface area is 124 Å². The van der Waals surface area contributed by atoms with Gasteiger partial charge in [0.25, 0.3) is 0 Å². The van der Waals surface area contributed by atoms with E-state index in [1.165, 1.54) is 0 Å². The number of anilines is 1. The average molecular weight is 296 g/mol. The maximum atomic E-state index is 12.2. The monoisotopic (exact) mass is 296 g/mol. The molecule has 1 aromatic heterocycles. The van der Waals surface area contributed by atoms with Crippen LogP contribution in [0.4, 0.5) is 5.69 Å². The fraction of sp³-hybridized carbons (Fsp3) is 0.714. The number of aryl methyl sites for hydroxylation is 2. The zero-order chi connectivity index (χ0) is 15.6. The molecule has 2 rings (SSSR count). The number of aliphatic hydroxyl groups is 1. The van der Waals surface area contributed by atoms with E-state index in [1.54, 1.807) is 4.68 Å². The molecule has 0 saturated carbocycles. The predicted octanol–water partition coefficient (Wildman–Crippen LogP) is 0.0570. The average Bonchev–Trinajstić information content (AvgIpc) is 2.64. The van der Waals surface area contributed by atoms with Crippen LogP contribution in [0, 0.1) is 13.8 Å². The first-order chi connectivity index (χ1) is 9.90. The summed E-state index contributed by atoms with van der Waals surface area (Å²) in [6, 6.07) is 0. The Morgan fingerprint density at radius 3 is 2.76 bits per heavy atom. The van der Waals surface area contributed by atoms with Gasteiger partial charge in [0.1, 0.15) is 0 Å². The lowest BCUT2D eigenvalue weighted by Gasteiger charge is -2.35. The van der Waals surface area contributed by atoms with Crippen LogP contribution in [-0.4, -0.2) is 64.1 Å².